The molecule has 6 aromatic carbocycles. The van der Waals surface area contributed by atoms with E-state index in [1.54, 1.807) is 0 Å². The van der Waals surface area contributed by atoms with Crippen LogP contribution in [0.25, 0.3) is 16.7 Å². The molecular formula is C48H41N. The maximum absolute atomic E-state index is 2.33. The van der Waals surface area contributed by atoms with Crippen molar-refractivity contribution in [1.82, 2.24) is 0 Å². The quantitative estimate of drug-likeness (QED) is 0.144. The summed E-state index contributed by atoms with van der Waals surface area (Å²) in [6, 6.07) is 61.1. The second-order valence-corrected chi connectivity index (χ2v) is 12.7. The Morgan fingerprint density at radius 1 is 0.449 bits per heavy atom. The van der Waals surface area contributed by atoms with E-state index in [4.69, 9.17) is 0 Å². The van der Waals surface area contributed by atoms with Crippen LogP contribution in [-0.2, 0) is 0 Å². The van der Waals surface area contributed by atoms with Gasteiger partial charge in [0.1, 0.15) is 0 Å². The van der Waals surface area contributed by atoms with Crippen molar-refractivity contribution in [3.63, 3.8) is 0 Å². The molecule has 0 amide bonds. The maximum atomic E-state index is 2.33. The molecule has 0 heterocycles. The lowest BCUT2D eigenvalue weighted by Crippen LogP contribution is -2.14. The van der Waals surface area contributed by atoms with Crippen molar-refractivity contribution < 1.29 is 0 Å². The van der Waals surface area contributed by atoms with Gasteiger partial charge in [0.2, 0.25) is 0 Å². The standard InChI is InChI=1S/C48H41N/c1-36(2)37-26-30-42(31-27-37)48(47(40-16-7-3-8-17-40)41-18-9-4-10-19-41)43-32-28-39(29-33-43)38-20-15-25-46(35-34-38)49(44-21-11-5-12-22-44)45-23-13-6-14-24-45/h3-14,16-36H,15H2,1-2H3. The van der Waals surface area contributed by atoms with Crippen molar-refractivity contribution in [3.05, 3.63) is 233 Å². The van der Waals surface area contributed by atoms with Crippen molar-refractivity contribution in [2.45, 2.75) is 26.2 Å². The first-order chi connectivity index (χ1) is 24.2. The molecule has 0 spiro atoms. The number of rotatable bonds is 9. The van der Waals surface area contributed by atoms with Gasteiger partial charge in [0.15, 0.2) is 0 Å². The van der Waals surface area contributed by atoms with Gasteiger partial charge >= 0.3 is 0 Å². The highest BCUT2D eigenvalue weighted by Crippen LogP contribution is 2.38. The Hall–Kier alpha value is -5.92. The van der Waals surface area contributed by atoms with Crippen LogP contribution >= 0.6 is 0 Å². The molecule has 49 heavy (non-hydrogen) atoms. The lowest BCUT2D eigenvalue weighted by Gasteiger charge is -2.26. The summed E-state index contributed by atoms with van der Waals surface area (Å²) < 4.78 is 0. The first-order valence-electron chi connectivity index (χ1n) is 17.2. The van der Waals surface area contributed by atoms with E-state index in [0.717, 1.165) is 23.5 Å². The van der Waals surface area contributed by atoms with Crippen LogP contribution in [-0.4, -0.2) is 0 Å². The highest BCUT2D eigenvalue weighted by molar-refractivity contribution is 6.04. The Morgan fingerprint density at radius 2 is 0.878 bits per heavy atom. The Bertz CT molecular complexity index is 2020. The van der Waals surface area contributed by atoms with Crippen LogP contribution in [0.2, 0.25) is 0 Å². The van der Waals surface area contributed by atoms with Gasteiger partial charge < -0.3 is 4.90 Å². The molecule has 0 aromatic heterocycles. The van der Waals surface area contributed by atoms with Crippen LogP contribution < -0.4 is 4.90 Å². The molecule has 1 aliphatic carbocycles. The van der Waals surface area contributed by atoms with Crippen LogP contribution in [0.3, 0.4) is 0 Å². The van der Waals surface area contributed by atoms with Gasteiger partial charge in [-0.25, -0.2) is 0 Å². The van der Waals surface area contributed by atoms with Gasteiger partial charge in [-0.2, -0.15) is 0 Å². The summed E-state index contributed by atoms with van der Waals surface area (Å²) in [5, 5.41) is 0. The fraction of sp³-hybridized carbons (Fsp3) is 0.0833. The molecule has 0 bridgehead atoms. The molecule has 7 rings (SSSR count). The minimum absolute atomic E-state index is 0.479. The third-order valence-electron chi connectivity index (χ3n) is 9.13. The molecule has 0 fully saturated rings. The fourth-order valence-electron chi connectivity index (χ4n) is 6.58. The third-order valence-corrected chi connectivity index (χ3v) is 9.13. The number of para-hydroxylation sites is 2. The SMILES string of the molecule is CC(C)c1ccc(C(=C(c2ccccc2)c2ccccc2)c2ccc(C3=CCC=C(N(c4ccccc4)c4ccccc4)C=C3)cc2)cc1. The number of hydrogen-bond donors (Lipinski definition) is 0. The number of nitrogens with zero attached hydrogens (tertiary/aromatic N) is 1. The van der Waals surface area contributed by atoms with E-state index in [9.17, 15) is 0 Å². The topological polar surface area (TPSA) is 3.24 Å². The van der Waals surface area contributed by atoms with Gasteiger partial charge in [-0.15, -0.1) is 0 Å². The van der Waals surface area contributed by atoms with Crippen LogP contribution in [0, 0.1) is 0 Å². The van der Waals surface area contributed by atoms with Crippen molar-refractivity contribution in [2.24, 2.45) is 0 Å². The van der Waals surface area contributed by atoms with Crippen molar-refractivity contribution >= 4 is 28.1 Å². The molecule has 1 nitrogen and oxygen atoms in total. The second-order valence-electron chi connectivity index (χ2n) is 12.7. The molecule has 0 aliphatic heterocycles. The number of benzene rings is 6. The molecule has 0 saturated carbocycles. The number of anilines is 2. The smallest absolute Gasteiger partial charge is 0.0461 e. The molecule has 0 radical (unpaired) electrons. The Kier molecular flexibility index (Phi) is 9.62. The first kappa shape index (κ1) is 31.7. The van der Waals surface area contributed by atoms with Gasteiger partial charge in [0.25, 0.3) is 0 Å². The lowest BCUT2D eigenvalue weighted by atomic mass is 9.85. The molecule has 0 saturated heterocycles. The summed E-state index contributed by atoms with van der Waals surface area (Å²) in [7, 11) is 0. The molecule has 1 heteroatoms. The summed E-state index contributed by atoms with van der Waals surface area (Å²) in [4.78, 5) is 2.33. The average molecular weight is 632 g/mol. The Morgan fingerprint density at radius 3 is 1.35 bits per heavy atom. The zero-order chi connectivity index (χ0) is 33.4. The molecular weight excluding hydrogens is 591 g/mol. The van der Waals surface area contributed by atoms with Gasteiger partial charge in [0, 0.05) is 17.1 Å². The summed E-state index contributed by atoms with van der Waals surface area (Å²) in [6.45, 7) is 4.50. The van der Waals surface area contributed by atoms with Gasteiger partial charge in [-0.3, -0.25) is 0 Å². The van der Waals surface area contributed by atoms with E-state index < -0.39 is 0 Å². The van der Waals surface area contributed by atoms with Crippen molar-refractivity contribution in [2.75, 3.05) is 4.90 Å². The van der Waals surface area contributed by atoms with E-state index in [0.29, 0.717) is 5.92 Å². The third kappa shape index (κ3) is 7.17. The number of allylic oxidation sites excluding steroid dienone is 5. The summed E-state index contributed by atoms with van der Waals surface area (Å²) >= 11 is 0. The van der Waals surface area contributed by atoms with Crippen molar-refractivity contribution in [3.8, 4) is 0 Å². The van der Waals surface area contributed by atoms with Gasteiger partial charge in [-0.05, 0) is 92.8 Å². The van der Waals surface area contributed by atoms with E-state index in [1.165, 1.54) is 50.1 Å². The zero-order valence-electron chi connectivity index (χ0n) is 28.2. The minimum Gasteiger partial charge on any atom is -0.311 e. The van der Waals surface area contributed by atoms with E-state index in [-0.39, 0.29) is 0 Å². The minimum atomic E-state index is 0.479. The zero-order valence-corrected chi connectivity index (χ0v) is 28.2. The summed E-state index contributed by atoms with van der Waals surface area (Å²) in [6.07, 6.45) is 9.98. The fourth-order valence-corrected chi connectivity index (χ4v) is 6.58. The van der Waals surface area contributed by atoms with Gasteiger partial charge in [0.05, 0.1) is 0 Å². The van der Waals surface area contributed by atoms with Crippen LogP contribution in [0.15, 0.2) is 200 Å². The largest absolute Gasteiger partial charge is 0.311 e. The average Bonchev–Trinajstić information content (AvgIpc) is 3.42. The predicted octanol–water partition coefficient (Wildman–Crippen LogP) is 12.9. The highest BCUT2D eigenvalue weighted by atomic mass is 15.1. The van der Waals surface area contributed by atoms with E-state index in [1.807, 2.05) is 0 Å². The van der Waals surface area contributed by atoms with E-state index in [2.05, 4.69) is 213 Å². The normalized spacial score (nSPS) is 12.6. The highest BCUT2D eigenvalue weighted by Gasteiger charge is 2.18. The molecule has 238 valence electrons. The molecule has 0 unspecified atom stereocenters. The predicted molar refractivity (Wildman–Crippen MR) is 210 cm³/mol. The number of hydrogen-bond acceptors (Lipinski definition) is 1. The van der Waals surface area contributed by atoms with Crippen LogP contribution in [0.4, 0.5) is 11.4 Å². The molecule has 6 aromatic rings. The second kappa shape index (κ2) is 14.9. The first-order valence-corrected chi connectivity index (χ1v) is 17.2. The molecule has 0 atom stereocenters. The monoisotopic (exact) mass is 631 g/mol. The lowest BCUT2D eigenvalue weighted by molar-refractivity contribution is 0.866. The Balaban J connectivity index is 1.27. The maximum Gasteiger partial charge on any atom is 0.0461 e. The van der Waals surface area contributed by atoms with E-state index >= 15 is 0 Å². The summed E-state index contributed by atoms with van der Waals surface area (Å²) in [5.74, 6) is 0.479. The molecule has 0 N–H and O–H groups in total. The van der Waals surface area contributed by atoms with Crippen molar-refractivity contribution in [1.29, 1.82) is 0 Å². The molecule has 1 aliphatic rings. The summed E-state index contributed by atoms with van der Waals surface area (Å²) in [5.41, 5.74) is 14.5. The van der Waals surface area contributed by atoms with Crippen LogP contribution in [0.1, 0.15) is 59.6 Å². The van der Waals surface area contributed by atoms with Crippen LogP contribution in [0.5, 0.6) is 0 Å². The Labute approximate surface area is 291 Å². The van der Waals surface area contributed by atoms with Gasteiger partial charge in [-0.1, -0.05) is 178 Å².